The molecule has 0 aliphatic carbocycles. The molecule has 19 heavy (non-hydrogen) atoms. The smallest absolute Gasteiger partial charge is 0.322 e. The maximum absolute atomic E-state index is 8.94. The molecule has 0 saturated carbocycles. The number of anilines is 1. The average molecular weight is 289 g/mol. The summed E-state index contributed by atoms with van der Waals surface area (Å²) in [5.41, 5.74) is 0. The molecular weight excluding hydrogens is 268 g/mol. The molecule has 0 bridgehead atoms. The fourth-order valence-corrected chi connectivity index (χ4v) is 1.69. The van der Waals surface area contributed by atoms with Crippen LogP contribution in [0.1, 0.15) is 33.6 Å². The molecule has 0 amide bonds. The summed E-state index contributed by atoms with van der Waals surface area (Å²) in [6, 6.07) is 0.440. The van der Waals surface area contributed by atoms with Gasteiger partial charge in [-0.25, -0.2) is 0 Å². The van der Waals surface area contributed by atoms with E-state index in [-0.39, 0.29) is 23.9 Å². The summed E-state index contributed by atoms with van der Waals surface area (Å²) < 4.78 is 5.39. The van der Waals surface area contributed by atoms with Crippen LogP contribution in [0.2, 0.25) is 5.28 Å². The van der Waals surface area contributed by atoms with E-state index < -0.39 is 0 Å². The summed E-state index contributed by atoms with van der Waals surface area (Å²) in [6.45, 7) is 7.38. The summed E-state index contributed by atoms with van der Waals surface area (Å²) in [4.78, 5) is 14.3. The maximum Gasteiger partial charge on any atom is 0.322 e. The van der Waals surface area contributed by atoms with Gasteiger partial charge >= 0.3 is 6.01 Å². The van der Waals surface area contributed by atoms with Crippen LogP contribution in [0.15, 0.2) is 0 Å². The third-order valence-corrected chi connectivity index (χ3v) is 2.62. The van der Waals surface area contributed by atoms with Crippen LogP contribution in [0.25, 0.3) is 0 Å². The van der Waals surface area contributed by atoms with Crippen molar-refractivity contribution in [3.05, 3.63) is 5.28 Å². The maximum atomic E-state index is 8.94. The number of hydrogen-bond acceptors (Lipinski definition) is 6. The van der Waals surface area contributed by atoms with Gasteiger partial charge in [0, 0.05) is 19.2 Å². The molecule has 0 spiro atoms. The highest BCUT2D eigenvalue weighted by Gasteiger charge is 2.16. The van der Waals surface area contributed by atoms with Crippen molar-refractivity contribution in [2.75, 3.05) is 24.7 Å². The van der Waals surface area contributed by atoms with E-state index in [0.717, 1.165) is 6.42 Å². The number of aliphatic hydroxyl groups is 1. The average Bonchev–Trinajstić information content (AvgIpc) is 2.36. The van der Waals surface area contributed by atoms with Crippen molar-refractivity contribution in [3.8, 4) is 6.01 Å². The molecule has 0 fully saturated rings. The largest absolute Gasteiger partial charge is 0.463 e. The van der Waals surface area contributed by atoms with Gasteiger partial charge in [-0.05, 0) is 38.3 Å². The number of aromatic nitrogens is 3. The van der Waals surface area contributed by atoms with E-state index >= 15 is 0 Å². The Morgan fingerprint density at radius 1 is 1.32 bits per heavy atom. The normalized spacial score (nSPS) is 10.8. The first kappa shape index (κ1) is 15.9. The fourth-order valence-electron chi connectivity index (χ4n) is 1.54. The van der Waals surface area contributed by atoms with Crippen molar-refractivity contribution in [1.29, 1.82) is 0 Å². The molecule has 0 aliphatic rings. The minimum atomic E-state index is 0.116. The molecule has 0 radical (unpaired) electrons. The van der Waals surface area contributed by atoms with Gasteiger partial charge in [-0.15, -0.1) is 0 Å². The quantitative estimate of drug-likeness (QED) is 0.788. The van der Waals surface area contributed by atoms with E-state index in [1.54, 1.807) is 0 Å². The van der Waals surface area contributed by atoms with E-state index in [4.69, 9.17) is 21.4 Å². The van der Waals surface area contributed by atoms with E-state index in [2.05, 4.69) is 15.0 Å². The van der Waals surface area contributed by atoms with Gasteiger partial charge in [0.05, 0.1) is 6.61 Å². The lowest BCUT2D eigenvalue weighted by molar-refractivity contribution is 0.286. The molecule has 0 aliphatic heterocycles. The van der Waals surface area contributed by atoms with Gasteiger partial charge in [-0.1, -0.05) is 6.92 Å². The Balaban J connectivity index is 2.91. The zero-order chi connectivity index (χ0) is 14.3. The lowest BCUT2D eigenvalue weighted by Crippen LogP contribution is -2.34. The van der Waals surface area contributed by atoms with Crippen LogP contribution in [0.5, 0.6) is 6.01 Å². The summed E-state index contributed by atoms with van der Waals surface area (Å²) in [5.74, 6) is 0.481. The highest BCUT2D eigenvalue weighted by molar-refractivity contribution is 6.28. The van der Waals surface area contributed by atoms with Gasteiger partial charge in [-0.2, -0.15) is 15.0 Å². The minimum Gasteiger partial charge on any atom is -0.463 e. The molecule has 0 saturated heterocycles. The predicted octanol–water partition coefficient (Wildman–Crippen LogP) is 1.91. The first-order valence-electron chi connectivity index (χ1n) is 6.50. The van der Waals surface area contributed by atoms with Crippen molar-refractivity contribution in [1.82, 2.24) is 15.0 Å². The molecule has 1 N–H and O–H groups in total. The second-order valence-corrected chi connectivity index (χ2v) is 4.74. The van der Waals surface area contributed by atoms with Crippen molar-refractivity contribution < 1.29 is 9.84 Å². The molecule has 7 heteroatoms. The predicted molar refractivity (Wildman–Crippen MR) is 74.8 cm³/mol. The van der Waals surface area contributed by atoms with E-state index in [0.29, 0.717) is 25.5 Å². The van der Waals surface area contributed by atoms with Crippen LogP contribution in [0, 0.1) is 0 Å². The summed E-state index contributed by atoms with van der Waals surface area (Å²) >= 11 is 5.89. The van der Waals surface area contributed by atoms with Crippen molar-refractivity contribution >= 4 is 17.5 Å². The van der Waals surface area contributed by atoms with Crippen LogP contribution in [-0.2, 0) is 0 Å². The SMILES string of the molecule is CCCOc1nc(Cl)nc(N(CCCO)C(C)C)n1. The van der Waals surface area contributed by atoms with Crippen LogP contribution in [0.3, 0.4) is 0 Å². The Kier molecular flexibility index (Phi) is 6.80. The first-order valence-corrected chi connectivity index (χ1v) is 6.88. The van der Waals surface area contributed by atoms with E-state index in [9.17, 15) is 0 Å². The van der Waals surface area contributed by atoms with E-state index in [1.165, 1.54) is 0 Å². The Labute approximate surface area is 118 Å². The van der Waals surface area contributed by atoms with Gasteiger partial charge < -0.3 is 14.7 Å². The second kappa shape index (κ2) is 8.12. The molecular formula is C12H21ClN4O2. The second-order valence-electron chi connectivity index (χ2n) is 4.40. The number of nitrogens with zero attached hydrogens (tertiary/aromatic N) is 4. The summed E-state index contributed by atoms with van der Waals surface area (Å²) in [7, 11) is 0. The van der Waals surface area contributed by atoms with Crippen molar-refractivity contribution in [2.45, 2.75) is 39.7 Å². The first-order chi connectivity index (χ1) is 9.08. The number of hydrogen-bond donors (Lipinski definition) is 1. The molecule has 1 rings (SSSR count). The molecule has 0 unspecified atom stereocenters. The van der Waals surface area contributed by atoms with Crippen LogP contribution in [-0.4, -0.2) is 45.9 Å². The lowest BCUT2D eigenvalue weighted by atomic mass is 10.3. The third-order valence-electron chi connectivity index (χ3n) is 2.45. The molecule has 1 heterocycles. The number of rotatable bonds is 8. The van der Waals surface area contributed by atoms with Gasteiger partial charge in [-0.3, -0.25) is 0 Å². The Morgan fingerprint density at radius 3 is 2.63 bits per heavy atom. The lowest BCUT2D eigenvalue weighted by Gasteiger charge is -2.26. The zero-order valence-corrected chi connectivity index (χ0v) is 12.4. The van der Waals surface area contributed by atoms with Crippen LogP contribution >= 0.6 is 11.6 Å². The molecule has 0 atom stereocenters. The Morgan fingerprint density at radius 2 is 2.05 bits per heavy atom. The highest BCUT2D eigenvalue weighted by Crippen LogP contribution is 2.17. The minimum absolute atomic E-state index is 0.116. The van der Waals surface area contributed by atoms with Gasteiger partial charge in [0.1, 0.15) is 0 Å². The molecule has 108 valence electrons. The van der Waals surface area contributed by atoms with Gasteiger partial charge in [0.15, 0.2) is 0 Å². The number of halogens is 1. The van der Waals surface area contributed by atoms with Crippen LogP contribution in [0.4, 0.5) is 5.95 Å². The zero-order valence-electron chi connectivity index (χ0n) is 11.6. The Hall–Kier alpha value is -1.14. The topological polar surface area (TPSA) is 71.4 Å². The number of aliphatic hydroxyl groups excluding tert-OH is 1. The van der Waals surface area contributed by atoms with E-state index in [1.807, 2.05) is 25.7 Å². The van der Waals surface area contributed by atoms with Crippen LogP contribution < -0.4 is 9.64 Å². The summed E-state index contributed by atoms with van der Waals surface area (Å²) in [5, 5.41) is 9.06. The number of ether oxygens (including phenoxy) is 1. The fraction of sp³-hybridized carbons (Fsp3) is 0.750. The third kappa shape index (κ3) is 5.16. The van der Waals surface area contributed by atoms with Gasteiger partial charge in [0.25, 0.3) is 0 Å². The molecule has 1 aromatic rings. The Bertz CT molecular complexity index is 390. The standard InChI is InChI=1S/C12H21ClN4O2/c1-4-8-19-12-15-10(13)14-11(16-12)17(9(2)3)6-5-7-18/h9,18H,4-8H2,1-3H3. The molecule has 6 nitrogen and oxygen atoms in total. The summed E-state index contributed by atoms with van der Waals surface area (Å²) in [6.07, 6.45) is 1.52. The molecule has 0 aromatic carbocycles. The molecule has 1 aromatic heterocycles. The highest BCUT2D eigenvalue weighted by atomic mass is 35.5. The van der Waals surface area contributed by atoms with Crippen molar-refractivity contribution in [3.63, 3.8) is 0 Å². The van der Waals surface area contributed by atoms with Gasteiger partial charge in [0.2, 0.25) is 11.2 Å². The monoisotopic (exact) mass is 288 g/mol. The van der Waals surface area contributed by atoms with Crippen molar-refractivity contribution in [2.24, 2.45) is 0 Å².